The van der Waals surface area contributed by atoms with E-state index in [0.29, 0.717) is 17.0 Å². The fourth-order valence-electron chi connectivity index (χ4n) is 2.81. The summed E-state index contributed by atoms with van der Waals surface area (Å²) in [6, 6.07) is 1.80. The summed E-state index contributed by atoms with van der Waals surface area (Å²) in [6.45, 7) is 3.50. The molecule has 27 heavy (non-hydrogen) atoms. The largest absolute Gasteiger partial charge is 0.463 e. The molecule has 142 valence electrons. The molecular weight excluding hydrogens is 360 g/mol. The van der Waals surface area contributed by atoms with Crippen molar-refractivity contribution in [3.8, 4) is 0 Å². The molecular formula is C17H17F2N5O3. The first kappa shape index (κ1) is 18.5. The van der Waals surface area contributed by atoms with E-state index in [1.165, 1.54) is 23.0 Å². The molecule has 0 spiro atoms. The number of carbonyl (C=O) groups is 2. The Balaban J connectivity index is 1.88. The molecule has 1 aromatic carbocycles. The van der Waals surface area contributed by atoms with E-state index in [-0.39, 0.29) is 18.7 Å². The molecule has 3 rings (SSSR count). The Morgan fingerprint density at radius 2 is 2.00 bits per heavy atom. The summed E-state index contributed by atoms with van der Waals surface area (Å²) in [5.41, 5.74) is 1.21. The van der Waals surface area contributed by atoms with Gasteiger partial charge in [-0.05, 0) is 31.5 Å². The number of hydrogen-bond acceptors (Lipinski definition) is 5. The predicted molar refractivity (Wildman–Crippen MR) is 89.2 cm³/mol. The van der Waals surface area contributed by atoms with E-state index in [1.54, 1.807) is 13.8 Å². The van der Waals surface area contributed by atoms with Crippen molar-refractivity contribution in [3.63, 3.8) is 0 Å². The number of ether oxygens (including phenoxy) is 1. The molecule has 0 saturated heterocycles. The second kappa shape index (κ2) is 7.52. The van der Waals surface area contributed by atoms with Gasteiger partial charge in [0.25, 0.3) is 0 Å². The number of nitrogens with one attached hydrogen (secondary N) is 2. The van der Waals surface area contributed by atoms with Crippen LogP contribution in [0.1, 0.15) is 31.1 Å². The van der Waals surface area contributed by atoms with Gasteiger partial charge in [0.2, 0.25) is 0 Å². The highest BCUT2D eigenvalue weighted by atomic mass is 19.1. The maximum atomic E-state index is 13.3. The van der Waals surface area contributed by atoms with E-state index >= 15 is 0 Å². The number of amides is 2. The summed E-state index contributed by atoms with van der Waals surface area (Å²) in [4.78, 5) is 24.1. The molecule has 10 heteroatoms. The monoisotopic (exact) mass is 377 g/mol. The smallest absolute Gasteiger partial charge is 0.338 e. The number of urea groups is 1. The van der Waals surface area contributed by atoms with Crippen LogP contribution in [-0.4, -0.2) is 33.6 Å². The topological polar surface area (TPSA) is 98.1 Å². The van der Waals surface area contributed by atoms with E-state index < -0.39 is 29.7 Å². The van der Waals surface area contributed by atoms with Crippen LogP contribution in [0.15, 0.2) is 35.7 Å². The molecule has 1 atom stereocenters. The zero-order chi connectivity index (χ0) is 19.6. The number of esters is 1. The van der Waals surface area contributed by atoms with Gasteiger partial charge in [0, 0.05) is 11.8 Å². The van der Waals surface area contributed by atoms with Crippen molar-refractivity contribution in [3.05, 3.63) is 58.6 Å². The maximum Gasteiger partial charge on any atom is 0.338 e. The van der Waals surface area contributed by atoms with Gasteiger partial charge in [-0.2, -0.15) is 0 Å². The average Bonchev–Trinajstić information content (AvgIpc) is 3.01. The van der Waals surface area contributed by atoms with Gasteiger partial charge in [0.15, 0.2) is 0 Å². The number of halogens is 2. The molecule has 1 aliphatic heterocycles. The van der Waals surface area contributed by atoms with Crippen LogP contribution in [0, 0.1) is 11.6 Å². The summed E-state index contributed by atoms with van der Waals surface area (Å²) in [5, 5.41) is 13.0. The Hall–Kier alpha value is -3.30. The van der Waals surface area contributed by atoms with Crippen LogP contribution in [0.25, 0.3) is 0 Å². The standard InChI is InChI=1S/C17H17F2N5O3/c1-3-27-16(25)14-9(2)20-17(26)21-15(14)13-8-24(23-22-13)7-10-4-11(18)6-12(19)5-10/h4-6,8,15H,3,7H2,1-2H3,(H2,20,21,26). The van der Waals surface area contributed by atoms with Crippen molar-refractivity contribution < 1.29 is 23.1 Å². The second-order valence-corrected chi connectivity index (χ2v) is 5.91. The lowest BCUT2D eigenvalue weighted by atomic mass is 10.0. The number of carbonyl (C=O) groups excluding carboxylic acids is 2. The fraction of sp³-hybridized carbons (Fsp3) is 0.294. The lowest BCUT2D eigenvalue weighted by molar-refractivity contribution is -0.139. The molecule has 2 N–H and O–H groups in total. The van der Waals surface area contributed by atoms with Crippen LogP contribution in [0.4, 0.5) is 13.6 Å². The molecule has 0 radical (unpaired) electrons. The lowest BCUT2D eigenvalue weighted by Gasteiger charge is -2.26. The van der Waals surface area contributed by atoms with Crippen molar-refractivity contribution in [1.29, 1.82) is 0 Å². The predicted octanol–water partition coefficient (Wildman–Crippen LogP) is 1.80. The molecule has 8 nitrogen and oxygen atoms in total. The normalized spacial score (nSPS) is 16.7. The fourth-order valence-corrected chi connectivity index (χ4v) is 2.81. The van der Waals surface area contributed by atoms with Crippen molar-refractivity contribution in [2.75, 3.05) is 6.61 Å². The summed E-state index contributed by atoms with van der Waals surface area (Å²) in [7, 11) is 0. The number of hydrogen-bond donors (Lipinski definition) is 2. The van der Waals surface area contributed by atoms with Gasteiger partial charge in [0.1, 0.15) is 23.4 Å². The number of benzene rings is 1. The van der Waals surface area contributed by atoms with Crippen LogP contribution in [-0.2, 0) is 16.1 Å². The first-order valence-electron chi connectivity index (χ1n) is 8.17. The summed E-state index contributed by atoms with van der Waals surface area (Å²) < 4.78 is 33.1. The van der Waals surface area contributed by atoms with Crippen LogP contribution in [0.2, 0.25) is 0 Å². The van der Waals surface area contributed by atoms with E-state index in [9.17, 15) is 18.4 Å². The number of nitrogens with zero attached hydrogens (tertiary/aromatic N) is 3. The third-order valence-electron chi connectivity index (χ3n) is 3.88. The summed E-state index contributed by atoms with van der Waals surface area (Å²) >= 11 is 0. The second-order valence-electron chi connectivity index (χ2n) is 5.91. The number of aromatic nitrogens is 3. The Labute approximate surface area is 153 Å². The molecule has 0 fully saturated rings. The first-order valence-corrected chi connectivity index (χ1v) is 8.17. The highest BCUT2D eigenvalue weighted by Crippen LogP contribution is 2.26. The van der Waals surface area contributed by atoms with Crippen molar-refractivity contribution in [2.45, 2.75) is 26.4 Å². The van der Waals surface area contributed by atoms with Crippen LogP contribution < -0.4 is 10.6 Å². The van der Waals surface area contributed by atoms with Crippen LogP contribution >= 0.6 is 0 Å². The Kier molecular flexibility index (Phi) is 5.15. The Bertz CT molecular complexity index is 905. The third kappa shape index (κ3) is 4.10. The minimum absolute atomic E-state index is 0.0675. The zero-order valence-corrected chi connectivity index (χ0v) is 14.6. The minimum Gasteiger partial charge on any atom is -0.463 e. The number of rotatable bonds is 5. The third-order valence-corrected chi connectivity index (χ3v) is 3.88. The maximum absolute atomic E-state index is 13.3. The minimum atomic E-state index is -0.851. The summed E-state index contributed by atoms with van der Waals surface area (Å²) in [6.07, 6.45) is 1.49. The first-order chi connectivity index (χ1) is 12.9. The molecule has 1 aromatic heterocycles. The lowest BCUT2D eigenvalue weighted by Crippen LogP contribution is -2.45. The van der Waals surface area contributed by atoms with Crippen molar-refractivity contribution in [1.82, 2.24) is 25.6 Å². The average molecular weight is 377 g/mol. The molecule has 0 bridgehead atoms. The Morgan fingerprint density at radius 1 is 1.30 bits per heavy atom. The molecule has 0 saturated carbocycles. The molecule has 2 aromatic rings. The van der Waals surface area contributed by atoms with Crippen molar-refractivity contribution >= 4 is 12.0 Å². The molecule has 1 unspecified atom stereocenters. The van der Waals surface area contributed by atoms with E-state index in [1.807, 2.05) is 0 Å². The highest BCUT2D eigenvalue weighted by molar-refractivity contribution is 5.94. The molecule has 2 heterocycles. The molecule has 2 amide bonds. The van der Waals surface area contributed by atoms with E-state index in [4.69, 9.17) is 4.74 Å². The zero-order valence-electron chi connectivity index (χ0n) is 14.6. The number of allylic oxidation sites excluding steroid dienone is 1. The van der Waals surface area contributed by atoms with Gasteiger partial charge < -0.3 is 15.4 Å². The van der Waals surface area contributed by atoms with Crippen LogP contribution in [0.5, 0.6) is 0 Å². The quantitative estimate of drug-likeness (QED) is 0.775. The highest BCUT2D eigenvalue weighted by Gasteiger charge is 2.33. The molecule has 0 aliphatic carbocycles. The summed E-state index contributed by atoms with van der Waals surface area (Å²) in [5.74, 6) is -1.98. The Morgan fingerprint density at radius 3 is 2.67 bits per heavy atom. The van der Waals surface area contributed by atoms with Crippen molar-refractivity contribution in [2.24, 2.45) is 0 Å². The van der Waals surface area contributed by atoms with Crippen LogP contribution in [0.3, 0.4) is 0 Å². The SMILES string of the molecule is CCOC(=O)C1=C(C)NC(=O)NC1c1cn(Cc2cc(F)cc(F)c2)nn1. The molecule has 1 aliphatic rings. The van der Waals surface area contributed by atoms with Gasteiger partial charge in [-0.25, -0.2) is 23.1 Å². The van der Waals surface area contributed by atoms with E-state index in [2.05, 4.69) is 20.9 Å². The van der Waals surface area contributed by atoms with Gasteiger partial charge in [0.05, 0.1) is 24.9 Å². The van der Waals surface area contributed by atoms with Gasteiger partial charge in [-0.1, -0.05) is 5.21 Å². The van der Waals surface area contributed by atoms with Gasteiger partial charge in [-0.15, -0.1) is 5.10 Å². The van der Waals surface area contributed by atoms with Gasteiger partial charge in [-0.3, -0.25) is 0 Å². The van der Waals surface area contributed by atoms with Gasteiger partial charge >= 0.3 is 12.0 Å². The van der Waals surface area contributed by atoms with E-state index in [0.717, 1.165) is 6.07 Å².